The highest BCUT2D eigenvalue weighted by Crippen LogP contribution is 2.26. The first-order valence-electron chi connectivity index (χ1n) is 11.9. The van der Waals surface area contributed by atoms with Crippen LogP contribution >= 0.6 is 0 Å². The molecule has 6 nitrogen and oxygen atoms in total. The largest absolute Gasteiger partial charge is 0.399 e. The molecule has 6 heteroatoms. The molecule has 1 aliphatic rings. The SMILES string of the molecule is CON=C1C[C@@H](CC(=O)NCCc2ccccc2)N(C(=O)c2ccc(-c3ccccc3C)cc2)C1. The molecule has 1 fully saturated rings. The molecule has 3 aromatic carbocycles. The Hall–Kier alpha value is -3.93. The van der Waals surface area contributed by atoms with Gasteiger partial charge in [0.25, 0.3) is 5.91 Å². The number of carbonyl (C=O) groups excluding carboxylic acids is 2. The molecule has 1 atom stereocenters. The zero-order valence-electron chi connectivity index (χ0n) is 20.2. The summed E-state index contributed by atoms with van der Waals surface area (Å²) in [5, 5.41) is 7.05. The smallest absolute Gasteiger partial charge is 0.254 e. The quantitative estimate of drug-likeness (QED) is 0.489. The van der Waals surface area contributed by atoms with E-state index >= 15 is 0 Å². The van der Waals surface area contributed by atoms with E-state index in [-0.39, 0.29) is 24.3 Å². The molecule has 1 N–H and O–H groups in total. The minimum atomic E-state index is -0.260. The summed E-state index contributed by atoms with van der Waals surface area (Å²) in [7, 11) is 1.49. The number of nitrogens with zero attached hydrogens (tertiary/aromatic N) is 2. The average molecular weight is 470 g/mol. The molecule has 3 aromatic rings. The molecule has 0 bridgehead atoms. The Kier molecular flexibility index (Phi) is 7.93. The highest BCUT2D eigenvalue weighted by molar-refractivity contribution is 6.01. The molecule has 1 aliphatic heterocycles. The van der Waals surface area contributed by atoms with Gasteiger partial charge in [-0.3, -0.25) is 9.59 Å². The molecule has 1 saturated heterocycles. The Bertz CT molecular complexity index is 1190. The molecule has 35 heavy (non-hydrogen) atoms. The van der Waals surface area contributed by atoms with E-state index in [9.17, 15) is 9.59 Å². The molecule has 0 spiro atoms. The molecule has 0 unspecified atom stereocenters. The number of hydrogen-bond donors (Lipinski definition) is 1. The molecule has 0 aliphatic carbocycles. The van der Waals surface area contributed by atoms with Gasteiger partial charge < -0.3 is 15.1 Å². The Morgan fingerprint density at radius 3 is 2.43 bits per heavy atom. The monoisotopic (exact) mass is 469 g/mol. The van der Waals surface area contributed by atoms with E-state index in [4.69, 9.17) is 4.84 Å². The van der Waals surface area contributed by atoms with Crippen molar-refractivity contribution in [3.05, 3.63) is 95.6 Å². The lowest BCUT2D eigenvalue weighted by Crippen LogP contribution is -2.39. The van der Waals surface area contributed by atoms with Crippen LogP contribution in [0.25, 0.3) is 11.1 Å². The van der Waals surface area contributed by atoms with Crippen molar-refractivity contribution >= 4 is 17.5 Å². The lowest BCUT2D eigenvalue weighted by atomic mass is 9.99. The van der Waals surface area contributed by atoms with Crippen LogP contribution in [0.1, 0.15) is 34.3 Å². The maximum Gasteiger partial charge on any atom is 0.254 e. The van der Waals surface area contributed by atoms with Gasteiger partial charge in [0.05, 0.1) is 12.3 Å². The second kappa shape index (κ2) is 11.5. The van der Waals surface area contributed by atoms with Crippen LogP contribution < -0.4 is 5.32 Å². The summed E-state index contributed by atoms with van der Waals surface area (Å²) in [4.78, 5) is 32.8. The maximum absolute atomic E-state index is 13.4. The fourth-order valence-corrected chi connectivity index (χ4v) is 4.52. The van der Waals surface area contributed by atoms with E-state index < -0.39 is 0 Å². The van der Waals surface area contributed by atoms with Gasteiger partial charge in [0, 0.05) is 31.0 Å². The van der Waals surface area contributed by atoms with E-state index in [0.717, 1.165) is 23.3 Å². The predicted molar refractivity (Wildman–Crippen MR) is 138 cm³/mol. The summed E-state index contributed by atoms with van der Waals surface area (Å²) >= 11 is 0. The van der Waals surface area contributed by atoms with Crippen LogP contribution in [-0.4, -0.2) is 48.7 Å². The summed E-state index contributed by atoms with van der Waals surface area (Å²) in [6.45, 7) is 2.99. The number of amides is 2. The van der Waals surface area contributed by atoms with Crippen molar-refractivity contribution in [2.45, 2.75) is 32.2 Å². The van der Waals surface area contributed by atoms with Crippen molar-refractivity contribution < 1.29 is 14.4 Å². The third-order valence-corrected chi connectivity index (χ3v) is 6.33. The first kappa shape index (κ1) is 24.2. The number of aryl methyl sites for hydroxylation is 1. The van der Waals surface area contributed by atoms with Gasteiger partial charge in [-0.1, -0.05) is 71.9 Å². The average Bonchev–Trinajstić information content (AvgIpc) is 3.27. The molecule has 0 saturated carbocycles. The Morgan fingerprint density at radius 1 is 1.00 bits per heavy atom. The molecule has 0 aromatic heterocycles. The molecule has 2 amide bonds. The van der Waals surface area contributed by atoms with Crippen LogP contribution in [0.5, 0.6) is 0 Å². The van der Waals surface area contributed by atoms with Crippen molar-refractivity contribution in [3.8, 4) is 11.1 Å². The van der Waals surface area contributed by atoms with Gasteiger partial charge in [-0.25, -0.2) is 0 Å². The Balaban J connectivity index is 1.42. The normalized spacial score (nSPS) is 16.3. The number of hydrogen-bond acceptors (Lipinski definition) is 4. The topological polar surface area (TPSA) is 71.0 Å². The van der Waals surface area contributed by atoms with E-state index in [0.29, 0.717) is 25.1 Å². The standard InChI is InChI=1S/C29H31N3O3/c1-21-8-6-7-11-27(21)23-12-14-24(15-13-23)29(34)32-20-25(31-35-2)18-26(32)19-28(33)30-17-16-22-9-4-3-5-10-22/h3-15,26H,16-20H2,1-2H3,(H,30,33)/t26-/m0/s1. The lowest BCUT2D eigenvalue weighted by Gasteiger charge is -2.24. The molecule has 1 heterocycles. The molecular weight excluding hydrogens is 438 g/mol. The highest BCUT2D eigenvalue weighted by Gasteiger charge is 2.35. The Labute approximate surface area is 206 Å². The molecule has 0 radical (unpaired) electrons. The van der Waals surface area contributed by atoms with Crippen molar-refractivity contribution in [3.63, 3.8) is 0 Å². The maximum atomic E-state index is 13.4. The first-order valence-corrected chi connectivity index (χ1v) is 11.9. The number of benzene rings is 3. The van der Waals surface area contributed by atoms with E-state index in [1.807, 2.05) is 66.7 Å². The van der Waals surface area contributed by atoms with Crippen LogP contribution in [0.15, 0.2) is 84.0 Å². The number of rotatable bonds is 8. The number of oxime groups is 1. The van der Waals surface area contributed by atoms with Gasteiger partial charge in [0.15, 0.2) is 0 Å². The lowest BCUT2D eigenvalue weighted by molar-refractivity contribution is -0.121. The minimum absolute atomic E-state index is 0.0719. The summed E-state index contributed by atoms with van der Waals surface area (Å²) in [5.74, 6) is -0.179. The summed E-state index contributed by atoms with van der Waals surface area (Å²) in [6, 6.07) is 25.6. The van der Waals surface area contributed by atoms with Gasteiger partial charge in [0.2, 0.25) is 5.91 Å². The second-order valence-electron chi connectivity index (χ2n) is 8.81. The third kappa shape index (κ3) is 6.15. The zero-order chi connectivity index (χ0) is 24.6. The van der Waals surface area contributed by atoms with Crippen molar-refractivity contribution in [1.82, 2.24) is 10.2 Å². The fraction of sp³-hybridized carbons (Fsp3) is 0.276. The molecule has 180 valence electrons. The van der Waals surface area contributed by atoms with Crippen molar-refractivity contribution in [1.29, 1.82) is 0 Å². The summed E-state index contributed by atoms with van der Waals surface area (Å²) < 4.78 is 0. The Morgan fingerprint density at radius 2 is 1.71 bits per heavy atom. The van der Waals surface area contributed by atoms with Crippen LogP contribution in [0, 0.1) is 6.92 Å². The van der Waals surface area contributed by atoms with Gasteiger partial charge in [-0.15, -0.1) is 0 Å². The van der Waals surface area contributed by atoms with Crippen molar-refractivity contribution in [2.24, 2.45) is 5.16 Å². The predicted octanol–water partition coefficient (Wildman–Crippen LogP) is 4.63. The van der Waals surface area contributed by atoms with Crippen LogP contribution in [-0.2, 0) is 16.1 Å². The highest BCUT2D eigenvalue weighted by atomic mass is 16.6. The molecule has 4 rings (SSSR count). The third-order valence-electron chi connectivity index (χ3n) is 6.33. The summed E-state index contributed by atoms with van der Waals surface area (Å²) in [5.41, 5.74) is 5.93. The van der Waals surface area contributed by atoms with Gasteiger partial charge in [0.1, 0.15) is 7.11 Å². The van der Waals surface area contributed by atoms with Crippen molar-refractivity contribution in [2.75, 3.05) is 20.2 Å². The molecular formula is C29H31N3O3. The van der Waals surface area contributed by atoms with Crippen LogP contribution in [0.2, 0.25) is 0 Å². The number of carbonyl (C=O) groups is 2. The fourth-order valence-electron chi connectivity index (χ4n) is 4.52. The zero-order valence-corrected chi connectivity index (χ0v) is 20.2. The van der Waals surface area contributed by atoms with Crippen LogP contribution in [0.4, 0.5) is 0 Å². The van der Waals surface area contributed by atoms with E-state index in [1.54, 1.807) is 4.90 Å². The van der Waals surface area contributed by atoms with Gasteiger partial charge >= 0.3 is 0 Å². The van der Waals surface area contributed by atoms with Gasteiger partial charge in [-0.2, -0.15) is 0 Å². The second-order valence-corrected chi connectivity index (χ2v) is 8.81. The van der Waals surface area contributed by atoms with E-state index in [1.165, 1.54) is 18.2 Å². The van der Waals surface area contributed by atoms with Gasteiger partial charge in [-0.05, 0) is 47.7 Å². The number of nitrogens with one attached hydrogen (secondary N) is 1. The van der Waals surface area contributed by atoms with E-state index in [2.05, 4.69) is 29.5 Å². The minimum Gasteiger partial charge on any atom is -0.399 e. The number of likely N-dealkylation sites (tertiary alicyclic amines) is 1. The summed E-state index contributed by atoms with van der Waals surface area (Å²) in [6.07, 6.45) is 1.51. The van der Waals surface area contributed by atoms with Crippen LogP contribution in [0.3, 0.4) is 0 Å². The first-order chi connectivity index (χ1) is 17.0.